The Labute approximate surface area is 174 Å². The third-order valence-electron chi connectivity index (χ3n) is 5.14. The second kappa shape index (κ2) is 8.49. The van der Waals surface area contributed by atoms with Gasteiger partial charge in [0.05, 0.1) is 0 Å². The van der Waals surface area contributed by atoms with Crippen molar-refractivity contribution in [2.45, 2.75) is 33.0 Å². The van der Waals surface area contributed by atoms with E-state index in [9.17, 15) is 14.0 Å². The summed E-state index contributed by atoms with van der Waals surface area (Å²) in [6, 6.07) is 15.6. The van der Waals surface area contributed by atoms with Crippen LogP contribution in [-0.2, 0) is 19.6 Å². The molecule has 2 heterocycles. The van der Waals surface area contributed by atoms with Crippen molar-refractivity contribution in [3.8, 4) is 0 Å². The van der Waals surface area contributed by atoms with Crippen molar-refractivity contribution >= 4 is 11.8 Å². The van der Waals surface area contributed by atoms with E-state index in [1.54, 1.807) is 27.8 Å². The minimum atomic E-state index is -0.363. The summed E-state index contributed by atoms with van der Waals surface area (Å²) in [7, 11) is 0. The number of aryl methyl sites for hydroxylation is 2. The van der Waals surface area contributed by atoms with E-state index in [-0.39, 0.29) is 29.9 Å². The molecule has 0 aliphatic carbocycles. The van der Waals surface area contributed by atoms with Gasteiger partial charge in [0.15, 0.2) is 5.69 Å². The fourth-order valence-corrected chi connectivity index (χ4v) is 3.60. The van der Waals surface area contributed by atoms with Crippen LogP contribution in [0.1, 0.15) is 44.1 Å². The molecule has 6 nitrogen and oxygen atoms in total. The Morgan fingerprint density at radius 1 is 1.10 bits per heavy atom. The minimum Gasteiger partial charge on any atom is -0.347 e. The summed E-state index contributed by atoms with van der Waals surface area (Å²) in [6.45, 7) is 4.03. The Hall–Kier alpha value is -3.48. The predicted molar refractivity (Wildman–Crippen MR) is 110 cm³/mol. The van der Waals surface area contributed by atoms with Gasteiger partial charge in [-0.3, -0.25) is 14.3 Å². The molecule has 1 aromatic heterocycles. The van der Waals surface area contributed by atoms with E-state index in [4.69, 9.17) is 0 Å². The van der Waals surface area contributed by atoms with Crippen molar-refractivity contribution in [2.24, 2.45) is 0 Å². The van der Waals surface area contributed by atoms with Crippen LogP contribution < -0.4 is 5.32 Å². The van der Waals surface area contributed by atoms with Crippen molar-refractivity contribution in [1.29, 1.82) is 0 Å². The van der Waals surface area contributed by atoms with Crippen LogP contribution in [0.5, 0.6) is 0 Å². The number of amides is 2. The lowest BCUT2D eigenvalue weighted by Gasteiger charge is -2.20. The molecule has 2 amide bonds. The first-order valence-corrected chi connectivity index (χ1v) is 9.95. The Morgan fingerprint density at radius 2 is 1.90 bits per heavy atom. The zero-order chi connectivity index (χ0) is 21.1. The number of nitrogens with zero attached hydrogens (tertiary/aromatic N) is 3. The molecule has 154 valence electrons. The Kier molecular flexibility index (Phi) is 5.61. The summed E-state index contributed by atoms with van der Waals surface area (Å²) >= 11 is 0. The molecule has 3 aromatic rings. The molecule has 2 aromatic carbocycles. The van der Waals surface area contributed by atoms with Gasteiger partial charge in [0.25, 0.3) is 11.8 Å². The second-order valence-electron chi connectivity index (χ2n) is 7.52. The molecule has 1 aliphatic rings. The fourth-order valence-electron chi connectivity index (χ4n) is 3.60. The standard InChI is InChI=1S/C23H23FN4O2/c1-16-4-2-5-18(12-16)15-27-10-3-11-28-21(23(27)30)13-20(26-28)22(29)25-14-17-6-8-19(24)9-7-17/h2,4-9,12-13H,3,10-11,14-15H2,1H3,(H,25,29). The largest absolute Gasteiger partial charge is 0.347 e. The molecular weight excluding hydrogens is 383 g/mol. The molecule has 1 N–H and O–H groups in total. The number of rotatable bonds is 5. The molecule has 0 radical (unpaired) electrons. The Balaban J connectivity index is 1.46. The molecule has 0 fully saturated rings. The molecule has 0 spiro atoms. The van der Waals surface area contributed by atoms with Gasteiger partial charge in [-0.25, -0.2) is 4.39 Å². The van der Waals surface area contributed by atoms with Crippen molar-refractivity contribution in [2.75, 3.05) is 6.54 Å². The number of fused-ring (bicyclic) bond motifs is 1. The maximum Gasteiger partial charge on any atom is 0.272 e. The van der Waals surface area contributed by atoms with Gasteiger partial charge in [-0.2, -0.15) is 5.10 Å². The minimum absolute atomic E-state index is 0.126. The van der Waals surface area contributed by atoms with Crippen LogP contribution in [0.3, 0.4) is 0 Å². The number of carbonyl (C=O) groups is 2. The molecule has 0 bridgehead atoms. The lowest BCUT2D eigenvalue weighted by atomic mass is 10.1. The zero-order valence-electron chi connectivity index (χ0n) is 16.8. The van der Waals surface area contributed by atoms with Gasteiger partial charge in [0.2, 0.25) is 0 Å². The van der Waals surface area contributed by atoms with E-state index in [0.717, 1.165) is 23.1 Å². The van der Waals surface area contributed by atoms with E-state index in [2.05, 4.69) is 16.5 Å². The molecular formula is C23H23FN4O2. The third-order valence-corrected chi connectivity index (χ3v) is 5.14. The average Bonchev–Trinajstić information content (AvgIpc) is 3.10. The lowest BCUT2D eigenvalue weighted by molar-refractivity contribution is 0.0745. The maximum absolute atomic E-state index is 13.1. The smallest absolute Gasteiger partial charge is 0.272 e. The lowest BCUT2D eigenvalue weighted by Crippen LogP contribution is -2.30. The normalized spacial score (nSPS) is 13.7. The number of benzene rings is 2. The summed E-state index contributed by atoms with van der Waals surface area (Å²) in [4.78, 5) is 27.4. The van der Waals surface area contributed by atoms with Gasteiger partial charge in [0.1, 0.15) is 11.5 Å². The quantitative estimate of drug-likeness (QED) is 0.707. The number of nitrogens with one attached hydrogen (secondary N) is 1. The molecule has 7 heteroatoms. The first kappa shape index (κ1) is 19.8. The zero-order valence-corrected chi connectivity index (χ0v) is 16.8. The topological polar surface area (TPSA) is 67.2 Å². The van der Waals surface area contributed by atoms with E-state index in [0.29, 0.717) is 25.3 Å². The maximum atomic E-state index is 13.1. The van der Waals surface area contributed by atoms with Crippen molar-refractivity contribution in [3.63, 3.8) is 0 Å². The summed E-state index contributed by atoms with van der Waals surface area (Å²) in [5, 5.41) is 7.11. The van der Waals surface area contributed by atoms with Crippen LogP contribution in [0.4, 0.5) is 4.39 Å². The first-order chi connectivity index (χ1) is 14.5. The molecule has 4 rings (SSSR count). The fraction of sp³-hybridized carbons (Fsp3) is 0.261. The molecule has 1 aliphatic heterocycles. The highest BCUT2D eigenvalue weighted by molar-refractivity contribution is 5.98. The summed E-state index contributed by atoms with van der Waals surface area (Å²) in [6.07, 6.45) is 0.767. The highest BCUT2D eigenvalue weighted by Crippen LogP contribution is 2.17. The van der Waals surface area contributed by atoms with Crippen molar-refractivity contribution in [1.82, 2.24) is 20.0 Å². The highest BCUT2D eigenvalue weighted by Gasteiger charge is 2.26. The van der Waals surface area contributed by atoms with E-state index >= 15 is 0 Å². The van der Waals surface area contributed by atoms with E-state index in [1.165, 1.54) is 12.1 Å². The number of hydrogen-bond acceptors (Lipinski definition) is 3. The van der Waals surface area contributed by atoms with Crippen LogP contribution in [0.15, 0.2) is 54.6 Å². The Bertz CT molecular complexity index is 1080. The van der Waals surface area contributed by atoms with E-state index < -0.39 is 0 Å². The van der Waals surface area contributed by atoms with Gasteiger partial charge in [0, 0.05) is 32.2 Å². The van der Waals surface area contributed by atoms with E-state index in [1.807, 2.05) is 25.1 Å². The molecule has 0 unspecified atom stereocenters. The number of aromatic nitrogens is 2. The molecule has 0 saturated heterocycles. The Morgan fingerprint density at radius 3 is 2.67 bits per heavy atom. The highest BCUT2D eigenvalue weighted by atomic mass is 19.1. The summed E-state index contributed by atoms with van der Waals surface area (Å²) in [5.41, 5.74) is 3.64. The van der Waals surface area contributed by atoms with Gasteiger partial charge in [-0.05, 0) is 36.6 Å². The summed E-state index contributed by atoms with van der Waals surface area (Å²) < 4.78 is 14.6. The van der Waals surface area contributed by atoms with Crippen LogP contribution in [0, 0.1) is 12.7 Å². The number of carbonyl (C=O) groups excluding carboxylic acids is 2. The van der Waals surface area contributed by atoms with Crippen LogP contribution >= 0.6 is 0 Å². The van der Waals surface area contributed by atoms with Gasteiger partial charge >= 0.3 is 0 Å². The third kappa shape index (κ3) is 4.40. The second-order valence-corrected chi connectivity index (χ2v) is 7.52. The van der Waals surface area contributed by atoms with Crippen molar-refractivity contribution < 1.29 is 14.0 Å². The average molecular weight is 406 g/mol. The van der Waals surface area contributed by atoms with Crippen molar-refractivity contribution in [3.05, 3.63) is 88.5 Å². The van der Waals surface area contributed by atoms with Crippen LogP contribution in [0.2, 0.25) is 0 Å². The monoisotopic (exact) mass is 406 g/mol. The molecule has 0 atom stereocenters. The molecule has 30 heavy (non-hydrogen) atoms. The number of halogens is 1. The first-order valence-electron chi connectivity index (χ1n) is 9.95. The molecule has 0 saturated carbocycles. The van der Waals surface area contributed by atoms with Crippen LogP contribution in [-0.4, -0.2) is 33.0 Å². The SMILES string of the molecule is Cc1cccc(CN2CCCn3nc(C(=O)NCc4ccc(F)cc4)cc3C2=O)c1. The van der Waals surface area contributed by atoms with Gasteiger partial charge < -0.3 is 10.2 Å². The van der Waals surface area contributed by atoms with Crippen LogP contribution in [0.25, 0.3) is 0 Å². The summed E-state index contributed by atoms with van der Waals surface area (Å²) in [5.74, 6) is -0.811. The number of hydrogen-bond donors (Lipinski definition) is 1. The van der Waals surface area contributed by atoms with Gasteiger partial charge in [-0.15, -0.1) is 0 Å². The predicted octanol–water partition coefficient (Wildman–Crippen LogP) is 3.31. The van der Waals surface area contributed by atoms with Gasteiger partial charge in [-0.1, -0.05) is 42.0 Å².